The van der Waals surface area contributed by atoms with E-state index in [4.69, 9.17) is 0 Å². The zero-order valence-corrected chi connectivity index (χ0v) is 14.8. The number of nitrogens with one attached hydrogen (secondary N) is 1. The minimum atomic E-state index is -0.413. The van der Waals surface area contributed by atoms with Gasteiger partial charge >= 0.3 is 6.03 Å². The molecule has 0 spiro atoms. The maximum Gasteiger partial charge on any atom is 0.322 e. The Kier molecular flexibility index (Phi) is 5.75. The van der Waals surface area contributed by atoms with Gasteiger partial charge in [-0.3, -0.25) is 4.79 Å². The predicted octanol–water partition coefficient (Wildman–Crippen LogP) is 4.03. The number of amides is 3. The van der Waals surface area contributed by atoms with Gasteiger partial charge in [0.25, 0.3) is 0 Å². The zero-order valence-electron chi connectivity index (χ0n) is 14.8. The Balaban J connectivity index is 2.06. The lowest BCUT2D eigenvalue weighted by Gasteiger charge is -2.26. The highest BCUT2D eigenvalue weighted by Gasteiger charge is 2.20. The van der Waals surface area contributed by atoms with Crippen LogP contribution < -0.4 is 10.2 Å². The van der Waals surface area contributed by atoms with Crippen LogP contribution >= 0.6 is 0 Å². The summed E-state index contributed by atoms with van der Waals surface area (Å²) in [6, 6.07) is 12.6. The number of halogens is 1. The molecule has 0 heterocycles. The molecular weight excluding hydrogens is 321 g/mol. The quantitative estimate of drug-likeness (QED) is 0.911. The van der Waals surface area contributed by atoms with Gasteiger partial charge in [0, 0.05) is 38.0 Å². The van der Waals surface area contributed by atoms with Gasteiger partial charge in [0.2, 0.25) is 5.91 Å². The highest BCUT2D eigenvalue weighted by atomic mass is 19.1. The molecule has 1 atom stereocenters. The standard InChI is InChI=1S/C19H22FN3O2/c1-13(17-7-5-6-8-18(17)20)22(3)19(25)21-15-9-11-16(12-10-15)23(4)14(2)24/h5-13H,1-4H3,(H,21,25). The molecule has 6 heteroatoms. The maximum atomic E-state index is 13.9. The van der Waals surface area contributed by atoms with Gasteiger partial charge in [0.1, 0.15) is 5.82 Å². The summed E-state index contributed by atoms with van der Waals surface area (Å²) in [5, 5.41) is 2.77. The number of nitrogens with zero attached hydrogens (tertiary/aromatic N) is 2. The molecule has 2 rings (SSSR count). The first-order chi connectivity index (χ1) is 11.8. The van der Waals surface area contributed by atoms with E-state index in [1.54, 1.807) is 63.5 Å². The van der Waals surface area contributed by atoms with E-state index in [9.17, 15) is 14.0 Å². The Bertz CT molecular complexity index is 762. The second kappa shape index (κ2) is 7.79. The highest BCUT2D eigenvalue weighted by Crippen LogP contribution is 2.23. The lowest BCUT2D eigenvalue weighted by atomic mass is 10.1. The Hall–Kier alpha value is -2.89. The van der Waals surface area contributed by atoms with Gasteiger partial charge in [0.05, 0.1) is 6.04 Å². The van der Waals surface area contributed by atoms with Crippen LogP contribution in [0, 0.1) is 5.82 Å². The summed E-state index contributed by atoms with van der Waals surface area (Å²) in [7, 11) is 3.30. The molecule has 0 saturated heterocycles. The third-order valence-electron chi connectivity index (χ3n) is 4.23. The van der Waals surface area contributed by atoms with Crippen LogP contribution in [-0.2, 0) is 4.79 Å². The van der Waals surface area contributed by atoms with Crippen LogP contribution in [0.3, 0.4) is 0 Å². The molecule has 0 aromatic heterocycles. The van der Waals surface area contributed by atoms with E-state index in [0.29, 0.717) is 11.3 Å². The maximum absolute atomic E-state index is 13.9. The van der Waals surface area contributed by atoms with Gasteiger partial charge in [-0.15, -0.1) is 0 Å². The van der Waals surface area contributed by atoms with Gasteiger partial charge in [-0.05, 0) is 37.3 Å². The molecule has 0 radical (unpaired) electrons. The number of urea groups is 1. The van der Waals surface area contributed by atoms with Crippen molar-refractivity contribution < 1.29 is 14.0 Å². The normalized spacial score (nSPS) is 11.6. The number of hydrogen-bond acceptors (Lipinski definition) is 2. The molecule has 1 N–H and O–H groups in total. The smallest absolute Gasteiger partial charge is 0.321 e. The number of benzene rings is 2. The summed E-state index contributed by atoms with van der Waals surface area (Å²) in [5.41, 5.74) is 1.79. The molecule has 0 aliphatic carbocycles. The van der Waals surface area contributed by atoms with Crippen molar-refractivity contribution in [2.75, 3.05) is 24.3 Å². The lowest BCUT2D eigenvalue weighted by Crippen LogP contribution is -2.34. The molecule has 0 aliphatic heterocycles. The van der Waals surface area contributed by atoms with Crippen LogP contribution in [-0.4, -0.2) is 30.9 Å². The summed E-state index contributed by atoms with van der Waals surface area (Å²) in [5.74, 6) is -0.415. The van der Waals surface area contributed by atoms with Gasteiger partial charge in [-0.1, -0.05) is 18.2 Å². The monoisotopic (exact) mass is 343 g/mol. The van der Waals surface area contributed by atoms with Crippen molar-refractivity contribution in [2.24, 2.45) is 0 Å². The van der Waals surface area contributed by atoms with E-state index in [0.717, 1.165) is 5.69 Å². The molecule has 5 nitrogen and oxygen atoms in total. The summed E-state index contributed by atoms with van der Waals surface area (Å²) < 4.78 is 13.9. The van der Waals surface area contributed by atoms with E-state index in [1.165, 1.54) is 22.8 Å². The van der Waals surface area contributed by atoms with Crippen molar-refractivity contribution in [3.05, 3.63) is 59.9 Å². The van der Waals surface area contributed by atoms with Crippen LogP contribution in [0.2, 0.25) is 0 Å². The number of anilines is 2. The van der Waals surface area contributed by atoms with Crippen molar-refractivity contribution in [1.82, 2.24) is 4.90 Å². The summed E-state index contributed by atoms with van der Waals surface area (Å²) in [6.07, 6.45) is 0. The minimum Gasteiger partial charge on any atom is -0.321 e. The summed E-state index contributed by atoms with van der Waals surface area (Å²) in [4.78, 5) is 26.7. The fourth-order valence-electron chi connectivity index (χ4n) is 2.36. The van der Waals surface area contributed by atoms with E-state index >= 15 is 0 Å². The van der Waals surface area contributed by atoms with E-state index < -0.39 is 6.04 Å². The van der Waals surface area contributed by atoms with E-state index in [-0.39, 0.29) is 17.8 Å². The highest BCUT2D eigenvalue weighted by molar-refractivity contribution is 5.92. The van der Waals surface area contributed by atoms with Crippen molar-refractivity contribution in [1.29, 1.82) is 0 Å². The summed E-state index contributed by atoms with van der Waals surface area (Å²) in [6.45, 7) is 3.25. The van der Waals surface area contributed by atoms with Crippen LogP contribution in [0.1, 0.15) is 25.5 Å². The first-order valence-electron chi connectivity index (χ1n) is 7.94. The van der Waals surface area contributed by atoms with Crippen molar-refractivity contribution in [3.63, 3.8) is 0 Å². The number of rotatable bonds is 4. The van der Waals surface area contributed by atoms with Crippen LogP contribution in [0.25, 0.3) is 0 Å². The van der Waals surface area contributed by atoms with Gasteiger partial charge in [-0.25, -0.2) is 9.18 Å². The molecule has 2 aromatic carbocycles. The van der Waals surface area contributed by atoms with Gasteiger partial charge < -0.3 is 15.1 Å². The van der Waals surface area contributed by atoms with Crippen molar-refractivity contribution in [3.8, 4) is 0 Å². The minimum absolute atomic E-state index is 0.0739. The largest absolute Gasteiger partial charge is 0.322 e. The molecule has 132 valence electrons. The first kappa shape index (κ1) is 18.4. The Morgan fingerprint density at radius 1 is 1.04 bits per heavy atom. The average molecular weight is 343 g/mol. The fourth-order valence-corrected chi connectivity index (χ4v) is 2.36. The average Bonchev–Trinajstić information content (AvgIpc) is 2.60. The SMILES string of the molecule is CC(=O)N(C)c1ccc(NC(=O)N(C)C(C)c2ccccc2F)cc1. The second-order valence-corrected chi connectivity index (χ2v) is 5.86. The molecule has 0 saturated carbocycles. The van der Waals surface area contributed by atoms with E-state index in [1.807, 2.05) is 0 Å². The summed E-state index contributed by atoms with van der Waals surface area (Å²) >= 11 is 0. The fraction of sp³-hybridized carbons (Fsp3) is 0.263. The zero-order chi connectivity index (χ0) is 18.6. The number of hydrogen-bond donors (Lipinski definition) is 1. The van der Waals surface area contributed by atoms with Crippen molar-refractivity contribution >= 4 is 23.3 Å². The predicted molar refractivity (Wildman–Crippen MR) is 97.1 cm³/mol. The van der Waals surface area contributed by atoms with Crippen molar-refractivity contribution in [2.45, 2.75) is 19.9 Å². The molecule has 25 heavy (non-hydrogen) atoms. The third-order valence-corrected chi connectivity index (χ3v) is 4.23. The van der Waals surface area contributed by atoms with Crippen LogP contribution in [0.15, 0.2) is 48.5 Å². The second-order valence-electron chi connectivity index (χ2n) is 5.86. The Morgan fingerprint density at radius 2 is 1.64 bits per heavy atom. The molecule has 2 aromatic rings. The van der Waals surface area contributed by atoms with E-state index in [2.05, 4.69) is 5.32 Å². The molecule has 3 amide bonds. The molecule has 1 unspecified atom stereocenters. The number of carbonyl (C=O) groups excluding carboxylic acids is 2. The molecule has 0 aliphatic rings. The lowest BCUT2D eigenvalue weighted by molar-refractivity contribution is -0.116. The molecule has 0 fully saturated rings. The Labute approximate surface area is 147 Å². The molecule has 0 bridgehead atoms. The van der Waals surface area contributed by atoms with Gasteiger partial charge in [0.15, 0.2) is 0 Å². The van der Waals surface area contributed by atoms with Crippen LogP contribution in [0.5, 0.6) is 0 Å². The molecular formula is C19H22FN3O2. The van der Waals surface area contributed by atoms with Gasteiger partial charge in [-0.2, -0.15) is 0 Å². The first-order valence-corrected chi connectivity index (χ1v) is 7.94. The number of carbonyl (C=O) groups is 2. The Morgan fingerprint density at radius 3 is 2.20 bits per heavy atom. The third kappa shape index (κ3) is 4.35. The van der Waals surface area contributed by atoms with Crippen LogP contribution in [0.4, 0.5) is 20.6 Å². The topological polar surface area (TPSA) is 52.7 Å².